The molecule has 2 aromatic rings. The fraction of sp³-hybridized carbons (Fsp3) is 0.476. The summed E-state index contributed by atoms with van der Waals surface area (Å²) in [5.41, 5.74) is 3.06. The molecule has 1 amide bonds. The summed E-state index contributed by atoms with van der Waals surface area (Å²) in [4.78, 5) is 25.5. The number of benzene rings is 1. The van der Waals surface area contributed by atoms with Crippen LogP contribution < -0.4 is 15.1 Å². The number of rotatable bonds is 6. The van der Waals surface area contributed by atoms with Crippen LogP contribution in [0.4, 0.5) is 11.6 Å². The first-order valence-corrected chi connectivity index (χ1v) is 9.70. The maximum atomic E-state index is 12.1. The van der Waals surface area contributed by atoms with E-state index in [1.165, 1.54) is 11.3 Å². The van der Waals surface area contributed by atoms with E-state index in [1.54, 1.807) is 12.4 Å². The number of hydrogen-bond acceptors (Lipinski definition) is 5. The summed E-state index contributed by atoms with van der Waals surface area (Å²) in [6.07, 6.45) is 4.22. The van der Waals surface area contributed by atoms with Crippen molar-refractivity contribution in [2.45, 2.75) is 27.2 Å². The molecule has 1 saturated heterocycles. The van der Waals surface area contributed by atoms with Crippen LogP contribution in [0.2, 0.25) is 0 Å². The lowest BCUT2D eigenvalue weighted by molar-refractivity contribution is 0.0951. The molecule has 1 aromatic carbocycles. The largest absolute Gasteiger partial charge is 0.368 e. The highest BCUT2D eigenvalue weighted by molar-refractivity contribution is 5.93. The van der Waals surface area contributed by atoms with Crippen molar-refractivity contribution in [1.29, 1.82) is 0 Å². The lowest BCUT2D eigenvalue weighted by Crippen LogP contribution is -2.47. The van der Waals surface area contributed by atoms with E-state index in [-0.39, 0.29) is 5.91 Å². The van der Waals surface area contributed by atoms with E-state index in [2.05, 4.69) is 70.1 Å². The molecule has 0 atom stereocenters. The Balaban J connectivity index is 1.53. The van der Waals surface area contributed by atoms with Crippen LogP contribution in [0.3, 0.4) is 0 Å². The van der Waals surface area contributed by atoms with Crippen LogP contribution in [-0.4, -0.2) is 48.6 Å². The van der Waals surface area contributed by atoms with Crippen LogP contribution in [0.25, 0.3) is 0 Å². The molecule has 2 heterocycles. The zero-order valence-corrected chi connectivity index (χ0v) is 16.5. The molecule has 0 unspecified atom stereocenters. The third kappa shape index (κ3) is 5.18. The van der Waals surface area contributed by atoms with Crippen LogP contribution in [0.15, 0.2) is 36.7 Å². The van der Waals surface area contributed by atoms with Gasteiger partial charge < -0.3 is 15.1 Å². The standard InChI is InChI=1S/C21H29N5O/c1-16(2)7-8-22-20(27)18-14-23-21(24-15-18)26-11-9-25(10-12-26)19-6-4-5-17(3)13-19/h4-6,13-16H,7-12H2,1-3H3,(H,22,27). The third-order valence-electron chi connectivity index (χ3n) is 4.84. The molecule has 1 fully saturated rings. The molecular formula is C21H29N5O. The van der Waals surface area contributed by atoms with Crippen molar-refractivity contribution in [3.8, 4) is 0 Å². The quantitative estimate of drug-likeness (QED) is 0.851. The Hall–Kier alpha value is -2.63. The number of amides is 1. The summed E-state index contributed by atoms with van der Waals surface area (Å²) < 4.78 is 0. The van der Waals surface area contributed by atoms with Gasteiger partial charge in [0.2, 0.25) is 5.95 Å². The zero-order valence-electron chi connectivity index (χ0n) is 16.5. The molecule has 1 aliphatic heterocycles. The van der Waals surface area contributed by atoms with Crippen molar-refractivity contribution in [1.82, 2.24) is 15.3 Å². The predicted molar refractivity (Wildman–Crippen MR) is 109 cm³/mol. The van der Waals surface area contributed by atoms with Crippen LogP contribution in [-0.2, 0) is 0 Å². The van der Waals surface area contributed by atoms with Gasteiger partial charge in [-0.15, -0.1) is 0 Å². The van der Waals surface area contributed by atoms with Crippen molar-refractivity contribution in [3.05, 3.63) is 47.8 Å². The Morgan fingerprint density at radius 3 is 2.41 bits per heavy atom. The molecule has 0 saturated carbocycles. The average Bonchev–Trinajstić information content (AvgIpc) is 2.68. The van der Waals surface area contributed by atoms with Crippen LogP contribution in [0, 0.1) is 12.8 Å². The molecule has 0 bridgehead atoms. The second-order valence-electron chi connectivity index (χ2n) is 7.52. The molecule has 1 aliphatic rings. The fourth-order valence-corrected chi connectivity index (χ4v) is 3.17. The Morgan fingerprint density at radius 2 is 1.78 bits per heavy atom. The van der Waals surface area contributed by atoms with Crippen molar-refractivity contribution in [2.75, 3.05) is 42.5 Å². The van der Waals surface area contributed by atoms with E-state index in [1.807, 2.05) is 0 Å². The number of nitrogens with zero attached hydrogens (tertiary/aromatic N) is 4. The summed E-state index contributed by atoms with van der Waals surface area (Å²) in [6.45, 7) is 10.7. The molecule has 1 aromatic heterocycles. The summed E-state index contributed by atoms with van der Waals surface area (Å²) in [6, 6.07) is 8.60. The van der Waals surface area contributed by atoms with Crippen molar-refractivity contribution < 1.29 is 4.79 Å². The summed E-state index contributed by atoms with van der Waals surface area (Å²) in [5.74, 6) is 1.16. The number of piperazine rings is 1. The van der Waals surface area contributed by atoms with Gasteiger partial charge >= 0.3 is 0 Å². The fourth-order valence-electron chi connectivity index (χ4n) is 3.17. The van der Waals surface area contributed by atoms with Crippen molar-refractivity contribution >= 4 is 17.5 Å². The van der Waals surface area contributed by atoms with Gasteiger partial charge in [-0.1, -0.05) is 26.0 Å². The highest BCUT2D eigenvalue weighted by Gasteiger charge is 2.19. The highest BCUT2D eigenvalue weighted by atomic mass is 16.1. The van der Waals surface area contributed by atoms with Crippen LogP contribution in [0.5, 0.6) is 0 Å². The van der Waals surface area contributed by atoms with E-state index < -0.39 is 0 Å². The van der Waals surface area contributed by atoms with Gasteiger partial charge in [-0.25, -0.2) is 9.97 Å². The molecule has 27 heavy (non-hydrogen) atoms. The van der Waals surface area contributed by atoms with Gasteiger partial charge in [0.25, 0.3) is 5.91 Å². The highest BCUT2D eigenvalue weighted by Crippen LogP contribution is 2.19. The number of hydrogen-bond donors (Lipinski definition) is 1. The van der Waals surface area contributed by atoms with Gasteiger partial charge in [0.15, 0.2) is 0 Å². The summed E-state index contributed by atoms with van der Waals surface area (Å²) in [7, 11) is 0. The maximum Gasteiger partial charge on any atom is 0.254 e. The number of carbonyl (C=O) groups excluding carboxylic acids is 1. The molecule has 6 nitrogen and oxygen atoms in total. The smallest absolute Gasteiger partial charge is 0.254 e. The van der Waals surface area contributed by atoms with Gasteiger partial charge in [-0.2, -0.15) is 0 Å². The number of carbonyl (C=O) groups is 1. The minimum Gasteiger partial charge on any atom is -0.368 e. The van der Waals surface area contributed by atoms with E-state index in [9.17, 15) is 4.79 Å². The molecule has 0 spiro atoms. The molecular weight excluding hydrogens is 338 g/mol. The third-order valence-corrected chi connectivity index (χ3v) is 4.84. The van der Waals surface area contributed by atoms with Gasteiger partial charge in [-0.05, 0) is 37.0 Å². The molecule has 144 valence electrons. The lowest BCUT2D eigenvalue weighted by Gasteiger charge is -2.36. The lowest BCUT2D eigenvalue weighted by atomic mass is 10.1. The molecule has 1 N–H and O–H groups in total. The Morgan fingerprint density at radius 1 is 1.11 bits per heavy atom. The molecule has 6 heteroatoms. The Labute approximate surface area is 161 Å². The van der Waals surface area contributed by atoms with Crippen LogP contribution >= 0.6 is 0 Å². The van der Waals surface area contributed by atoms with Gasteiger partial charge in [0.1, 0.15) is 0 Å². The van der Waals surface area contributed by atoms with Crippen molar-refractivity contribution in [2.24, 2.45) is 5.92 Å². The number of aromatic nitrogens is 2. The van der Waals surface area contributed by atoms with E-state index in [0.29, 0.717) is 24.0 Å². The number of anilines is 2. The van der Waals surface area contributed by atoms with E-state index in [0.717, 1.165) is 32.6 Å². The first-order valence-electron chi connectivity index (χ1n) is 9.70. The zero-order chi connectivity index (χ0) is 19.2. The Bertz CT molecular complexity index is 751. The predicted octanol–water partition coefficient (Wildman–Crippen LogP) is 2.89. The second-order valence-corrected chi connectivity index (χ2v) is 7.52. The SMILES string of the molecule is Cc1cccc(N2CCN(c3ncc(C(=O)NCCC(C)C)cn3)CC2)c1. The average molecular weight is 367 g/mol. The van der Waals surface area contributed by atoms with Crippen molar-refractivity contribution in [3.63, 3.8) is 0 Å². The second kappa shape index (κ2) is 8.84. The summed E-state index contributed by atoms with van der Waals surface area (Å²) >= 11 is 0. The van der Waals surface area contributed by atoms with E-state index in [4.69, 9.17) is 0 Å². The topological polar surface area (TPSA) is 61.4 Å². The number of aryl methyl sites for hydroxylation is 1. The Kier molecular flexibility index (Phi) is 6.27. The normalized spacial score (nSPS) is 14.5. The summed E-state index contributed by atoms with van der Waals surface area (Å²) in [5, 5.41) is 2.92. The minimum absolute atomic E-state index is 0.105. The molecule has 0 radical (unpaired) electrons. The maximum absolute atomic E-state index is 12.1. The van der Waals surface area contributed by atoms with Gasteiger partial charge in [0.05, 0.1) is 5.56 Å². The van der Waals surface area contributed by atoms with Gasteiger partial charge in [-0.3, -0.25) is 4.79 Å². The van der Waals surface area contributed by atoms with Crippen LogP contribution in [0.1, 0.15) is 36.2 Å². The molecule has 0 aliphatic carbocycles. The minimum atomic E-state index is -0.105. The molecule has 3 rings (SSSR count). The first kappa shape index (κ1) is 19.1. The van der Waals surface area contributed by atoms with Gasteiger partial charge in [0, 0.05) is 50.8 Å². The monoisotopic (exact) mass is 367 g/mol. The van der Waals surface area contributed by atoms with E-state index >= 15 is 0 Å². The first-order chi connectivity index (χ1) is 13.0. The number of nitrogens with one attached hydrogen (secondary N) is 1.